The number of hydrogen-bond acceptors (Lipinski definition) is 5. The smallest absolute Gasteiger partial charge is 0.254 e. The fraction of sp³-hybridized carbons (Fsp3) is 0.263. The second kappa shape index (κ2) is 8.31. The molecule has 0 fully saturated rings. The Balaban J connectivity index is 1.52. The van der Waals surface area contributed by atoms with Crippen molar-refractivity contribution in [3.63, 3.8) is 0 Å². The maximum Gasteiger partial charge on any atom is 0.254 e. The molecule has 8 heteroatoms. The van der Waals surface area contributed by atoms with E-state index in [-0.39, 0.29) is 30.8 Å². The Hall–Kier alpha value is -3.42. The average molecular weight is 367 g/mol. The maximum absolute atomic E-state index is 12.4. The summed E-state index contributed by atoms with van der Waals surface area (Å²) < 4.78 is 6.54. The minimum atomic E-state index is -0.254. The third kappa shape index (κ3) is 4.41. The molecule has 1 aromatic carbocycles. The van der Waals surface area contributed by atoms with E-state index in [1.165, 1.54) is 18.9 Å². The highest BCUT2D eigenvalue weighted by atomic mass is 16.3. The fourth-order valence-corrected chi connectivity index (χ4v) is 2.64. The van der Waals surface area contributed by atoms with Gasteiger partial charge in [0.1, 0.15) is 18.9 Å². The van der Waals surface area contributed by atoms with Gasteiger partial charge in [-0.2, -0.15) is 5.10 Å². The van der Waals surface area contributed by atoms with Crippen molar-refractivity contribution >= 4 is 11.8 Å². The van der Waals surface area contributed by atoms with Crippen molar-refractivity contribution < 1.29 is 14.0 Å². The predicted molar refractivity (Wildman–Crippen MR) is 98.2 cm³/mol. The second-order valence-electron chi connectivity index (χ2n) is 6.13. The van der Waals surface area contributed by atoms with E-state index >= 15 is 0 Å². The molecular weight excluding hydrogens is 346 g/mol. The van der Waals surface area contributed by atoms with E-state index in [0.717, 1.165) is 11.3 Å². The van der Waals surface area contributed by atoms with Crippen molar-refractivity contribution in [1.82, 2.24) is 25.0 Å². The molecule has 3 aromatic rings. The summed E-state index contributed by atoms with van der Waals surface area (Å²) in [4.78, 5) is 29.9. The van der Waals surface area contributed by atoms with Gasteiger partial charge < -0.3 is 14.6 Å². The summed E-state index contributed by atoms with van der Waals surface area (Å²) in [6.07, 6.45) is 6.14. The monoisotopic (exact) mass is 367 g/mol. The Morgan fingerprint density at radius 2 is 2.04 bits per heavy atom. The number of furan rings is 1. The van der Waals surface area contributed by atoms with Crippen LogP contribution in [0.15, 0.2) is 59.9 Å². The zero-order valence-electron chi connectivity index (χ0n) is 15.2. The lowest BCUT2D eigenvalue weighted by Crippen LogP contribution is -2.33. The quantitative estimate of drug-likeness (QED) is 0.691. The average Bonchev–Trinajstić information content (AvgIpc) is 3.40. The molecule has 0 aliphatic heterocycles. The van der Waals surface area contributed by atoms with Gasteiger partial charge in [-0.1, -0.05) is 12.1 Å². The van der Waals surface area contributed by atoms with E-state index < -0.39 is 0 Å². The number of carbonyl (C=O) groups excluding carboxylic acids is 2. The highest BCUT2D eigenvalue weighted by Crippen LogP contribution is 2.20. The second-order valence-corrected chi connectivity index (χ2v) is 6.13. The first-order chi connectivity index (χ1) is 13.1. The van der Waals surface area contributed by atoms with Crippen molar-refractivity contribution in [2.24, 2.45) is 0 Å². The van der Waals surface area contributed by atoms with Crippen LogP contribution in [0.3, 0.4) is 0 Å². The van der Waals surface area contributed by atoms with Crippen molar-refractivity contribution in [2.75, 3.05) is 13.6 Å². The van der Waals surface area contributed by atoms with Gasteiger partial charge in [0.05, 0.1) is 23.6 Å². The van der Waals surface area contributed by atoms with E-state index in [4.69, 9.17) is 4.42 Å². The molecule has 27 heavy (non-hydrogen) atoms. The first-order valence-corrected chi connectivity index (χ1v) is 8.57. The summed E-state index contributed by atoms with van der Waals surface area (Å²) in [7, 11) is 1.76. The molecular formula is C19H21N5O3. The number of carbonyl (C=O) groups is 2. The van der Waals surface area contributed by atoms with Crippen LogP contribution in [0.5, 0.6) is 0 Å². The van der Waals surface area contributed by atoms with E-state index in [0.29, 0.717) is 5.56 Å². The van der Waals surface area contributed by atoms with E-state index in [1.807, 2.05) is 31.2 Å². The third-order valence-electron chi connectivity index (χ3n) is 4.44. The molecule has 140 valence electrons. The zero-order chi connectivity index (χ0) is 19.2. The topological polar surface area (TPSA) is 93.3 Å². The van der Waals surface area contributed by atoms with Gasteiger partial charge in [0, 0.05) is 20.0 Å². The summed E-state index contributed by atoms with van der Waals surface area (Å²) in [6.45, 7) is 2.23. The number of nitrogens with zero attached hydrogens (tertiary/aromatic N) is 4. The maximum atomic E-state index is 12.4. The Kier molecular flexibility index (Phi) is 5.65. The first-order valence-electron chi connectivity index (χ1n) is 8.57. The normalized spacial score (nSPS) is 11.8. The van der Waals surface area contributed by atoms with Crippen LogP contribution < -0.4 is 5.32 Å². The number of rotatable bonds is 7. The lowest BCUT2D eigenvalue weighted by Gasteiger charge is -2.25. The standard InChI is InChI=1S/C19H21N5O3/c1-14(15-3-5-17(6-4-15)24-13-20-12-22-24)23(2)18(25)7-9-21-19(26)16-8-10-27-11-16/h3-6,8,10-14H,7,9H2,1-2H3,(H,21,26). The third-order valence-corrected chi connectivity index (χ3v) is 4.44. The van der Waals surface area contributed by atoms with Gasteiger partial charge in [-0.3, -0.25) is 9.59 Å². The Labute approximate surface area is 156 Å². The van der Waals surface area contributed by atoms with Crippen LogP contribution in [0, 0.1) is 0 Å². The molecule has 0 saturated heterocycles. The van der Waals surface area contributed by atoms with Crippen molar-refractivity contribution in [1.29, 1.82) is 0 Å². The molecule has 0 aliphatic carbocycles. The number of hydrogen-bond donors (Lipinski definition) is 1. The molecule has 1 N–H and O–H groups in total. The minimum absolute atomic E-state index is 0.0460. The molecule has 3 rings (SSSR count). The van der Waals surface area contributed by atoms with Crippen LogP contribution in [0.25, 0.3) is 5.69 Å². The van der Waals surface area contributed by atoms with Gasteiger partial charge in [-0.05, 0) is 30.7 Å². The number of aromatic nitrogens is 3. The van der Waals surface area contributed by atoms with Crippen molar-refractivity contribution in [3.05, 3.63) is 66.6 Å². The van der Waals surface area contributed by atoms with Crippen LogP contribution in [0.4, 0.5) is 0 Å². The van der Waals surface area contributed by atoms with Crippen molar-refractivity contribution in [2.45, 2.75) is 19.4 Å². The van der Waals surface area contributed by atoms with Gasteiger partial charge in [-0.25, -0.2) is 9.67 Å². The van der Waals surface area contributed by atoms with Crippen LogP contribution >= 0.6 is 0 Å². The highest BCUT2D eigenvalue weighted by Gasteiger charge is 2.17. The Bertz CT molecular complexity index is 873. The summed E-state index contributed by atoms with van der Waals surface area (Å²) in [5.74, 6) is -0.300. The molecule has 2 heterocycles. The van der Waals surface area contributed by atoms with Crippen LogP contribution in [0.2, 0.25) is 0 Å². The van der Waals surface area contributed by atoms with Gasteiger partial charge in [0.2, 0.25) is 5.91 Å². The molecule has 2 aromatic heterocycles. The van der Waals surface area contributed by atoms with Gasteiger partial charge in [-0.15, -0.1) is 0 Å². The predicted octanol–water partition coefficient (Wildman–Crippen LogP) is 2.20. The van der Waals surface area contributed by atoms with E-state index in [1.54, 1.807) is 29.0 Å². The lowest BCUT2D eigenvalue weighted by molar-refractivity contribution is -0.131. The van der Waals surface area contributed by atoms with Gasteiger partial charge in [0.25, 0.3) is 5.91 Å². The van der Waals surface area contributed by atoms with Crippen LogP contribution in [-0.2, 0) is 4.79 Å². The summed E-state index contributed by atoms with van der Waals surface area (Å²) in [5, 5.41) is 6.80. The van der Waals surface area contributed by atoms with Crippen LogP contribution in [-0.4, -0.2) is 45.1 Å². The number of nitrogens with one attached hydrogen (secondary N) is 1. The first kappa shape index (κ1) is 18.4. The Morgan fingerprint density at radius 1 is 1.26 bits per heavy atom. The molecule has 0 saturated carbocycles. The SMILES string of the molecule is CC(c1ccc(-n2cncn2)cc1)N(C)C(=O)CCNC(=O)c1ccoc1. The fourth-order valence-electron chi connectivity index (χ4n) is 2.64. The molecule has 2 amide bonds. The molecule has 0 spiro atoms. The summed E-state index contributed by atoms with van der Waals surface area (Å²) in [5.41, 5.74) is 2.35. The van der Waals surface area contributed by atoms with Crippen molar-refractivity contribution in [3.8, 4) is 5.69 Å². The largest absolute Gasteiger partial charge is 0.472 e. The minimum Gasteiger partial charge on any atom is -0.472 e. The number of benzene rings is 1. The molecule has 1 atom stereocenters. The zero-order valence-corrected chi connectivity index (χ0v) is 15.2. The molecule has 0 radical (unpaired) electrons. The van der Waals surface area contributed by atoms with E-state index in [9.17, 15) is 9.59 Å². The Morgan fingerprint density at radius 3 is 2.67 bits per heavy atom. The molecule has 1 unspecified atom stereocenters. The van der Waals surface area contributed by atoms with Crippen LogP contribution in [0.1, 0.15) is 35.3 Å². The number of amides is 2. The molecule has 0 aliphatic rings. The lowest BCUT2D eigenvalue weighted by atomic mass is 10.1. The summed E-state index contributed by atoms with van der Waals surface area (Å²) in [6, 6.07) is 9.28. The highest BCUT2D eigenvalue weighted by molar-refractivity contribution is 5.94. The van der Waals surface area contributed by atoms with Gasteiger partial charge in [0.15, 0.2) is 0 Å². The van der Waals surface area contributed by atoms with E-state index in [2.05, 4.69) is 15.4 Å². The summed E-state index contributed by atoms with van der Waals surface area (Å²) >= 11 is 0. The molecule has 0 bridgehead atoms. The molecule has 8 nitrogen and oxygen atoms in total. The van der Waals surface area contributed by atoms with Gasteiger partial charge >= 0.3 is 0 Å².